The SMILES string of the molecule is COc1ccc(C(=O)N(C/C(C)=C/c2ccccc2)C(C)C)cc1. The van der Waals surface area contributed by atoms with E-state index in [9.17, 15) is 4.79 Å². The number of methoxy groups -OCH3 is 1. The summed E-state index contributed by atoms with van der Waals surface area (Å²) in [4.78, 5) is 14.7. The number of rotatable bonds is 6. The highest BCUT2D eigenvalue weighted by Gasteiger charge is 2.19. The Morgan fingerprint density at radius 2 is 1.71 bits per heavy atom. The number of benzene rings is 2. The van der Waals surface area contributed by atoms with E-state index in [1.807, 2.05) is 61.2 Å². The summed E-state index contributed by atoms with van der Waals surface area (Å²) >= 11 is 0. The maximum Gasteiger partial charge on any atom is 0.254 e. The summed E-state index contributed by atoms with van der Waals surface area (Å²) in [6.07, 6.45) is 2.12. The second-order valence-corrected chi connectivity index (χ2v) is 6.16. The Morgan fingerprint density at radius 3 is 2.25 bits per heavy atom. The van der Waals surface area contributed by atoms with Crippen molar-refractivity contribution in [1.82, 2.24) is 4.90 Å². The van der Waals surface area contributed by atoms with Crippen LogP contribution in [0.25, 0.3) is 6.08 Å². The van der Waals surface area contributed by atoms with Crippen molar-refractivity contribution in [3.63, 3.8) is 0 Å². The monoisotopic (exact) mass is 323 g/mol. The first-order chi connectivity index (χ1) is 11.5. The van der Waals surface area contributed by atoms with E-state index in [1.165, 1.54) is 0 Å². The first-order valence-corrected chi connectivity index (χ1v) is 8.18. The molecule has 2 rings (SSSR count). The number of amides is 1. The maximum atomic E-state index is 12.8. The maximum absolute atomic E-state index is 12.8. The number of hydrogen-bond donors (Lipinski definition) is 0. The average molecular weight is 323 g/mol. The quantitative estimate of drug-likeness (QED) is 0.774. The summed E-state index contributed by atoms with van der Waals surface area (Å²) in [7, 11) is 1.62. The number of ether oxygens (including phenoxy) is 1. The molecule has 0 heterocycles. The van der Waals surface area contributed by atoms with Crippen LogP contribution in [0, 0.1) is 0 Å². The van der Waals surface area contributed by atoms with Crippen LogP contribution in [0.3, 0.4) is 0 Å². The van der Waals surface area contributed by atoms with Gasteiger partial charge >= 0.3 is 0 Å². The van der Waals surface area contributed by atoms with E-state index in [0.29, 0.717) is 12.1 Å². The summed E-state index contributed by atoms with van der Waals surface area (Å²) in [5.41, 5.74) is 2.98. The Kier molecular flexibility index (Phi) is 6.19. The number of carbonyl (C=O) groups is 1. The minimum Gasteiger partial charge on any atom is -0.497 e. The van der Waals surface area contributed by atoms with Crippen LogP contribution in [-0.2, 0) is 0 Å². The highest BCUT2D eigenvalue weighted by molar-refractivity contribution is 5.94. The zero-order chi connectivity index (χ0) is 17.5. The third kappa shape index (κ3) is 4.72. The largest absolute Gasteiger partial charge is 0.497 e. The van der Waals surface area contributed by atoms with Gasteiger partial charge in [-0.2, -0.15) is 0 Å². The molecule has 0 spiro atoms. The van der Waals surface area contributed by atoms with Gasteiger partial charge in [0.15, 0.2) is 0 Å². The second kappa shape index (κ2) is 8.34. The first kappa shape index (κ1) is 17.8. The molecule has 0 fully saturated rings. The lowest BCUT2D eigenvalue weighted by Crippen LogP contribution is -2.38. The van der Waals surface area contributed by atoms with Crippen LogP contribution in [0.4, 0.5) is 0 Å². The highest BCUT2D eigenvalue weighted by Crippen LogP contribution is 2.16. The fourth-order valence-electron chi connectivity index (χ4n) is 2.54. The van der Waals surface area contributed by atoms with Crippen molar-refractivity contribution in [3.05, 3.63) is 71.3 Å². The van der Waals surface area contributed by atoms with Crippen LogP contribution < -0.4 is 4.74 Å². The van der Waals surface area contributed by atoms with Crippen molar-refractivity contribution < 1.29 is 9.53 Å². The Balaban J connectivity index is 2.16. The van der Waals surface area contributed by atoms with Crippen LogP contribution in [0.2, 0.25) is 0 Å². The van der Waals surface area contributed by atoms with Crippen LogP contribution >= 0.6 is 0 Å². The first-order valence-electron chi connectivity index (χ1n) is 8.18. The van der Waals surface area contributed by atoms with Gasteiger partial charge in [-0.15, -0.1) is 0 Å². The molecule has 126 valence electrons. The molecule has 0 aliphatic rings. The van der Waals surface area contributed by atoms with Crippen molar-refractivity contribution in [2.24, 2.45) is 0 Å². The van der Waals surface area contributed by atoms with E-state index in [0.717, 1.165) is 16.9 Å². The normalized spacial score (nSPS) is 11.5. The van der Waals surface area contributed by atoms with Gasteiger partial charge in [0.05, 0.1) is 7.11 Å². The topological polar surface area (TPSA) is 29.5 Å². The molecule has 3 nitrogen and oxygen atoms in total. The van der Waals surface area contributed by atoms with E-state index in [2.05, 4.69) is 25.1 Å². The van der Waals surface area contributed by atoms with Gasteiger partial charge in [-0.05, 0) is 50.6 Å². The molecule has 0 saturated carbocycles. The van der Waals surface area contributed by atoms with Crippen molar-refractivity contribution in [1.29, 1.82) is 0 Å². The predicted octanol–water partition coefficient (Wildman–Crippen LogP) is 4.65. The van der Waals surface area contributed by atoms with Gasteiger partial charge < -0.3 is 9.64 Å². The lowest BCUT2D eigenvalue weighted by atomic mass is 10.1. The molecule has 0 aromatic heterocycles. The highest BCUT2D eigenvalue weighted by atomic mass is 16.5. The summed E-state index contributed by atoms with van der Waals surface area (Å²) in [6.45, 7) is 6.75. The summed E-state index contributed by atoms with van der Waals surface area (Å²) < 4.78 is 5.15. The Labute approximate surface area is 144 Å². The molecule has 0 unspecified atom stereocenters. The molecule has 24 heavy (non-hydrogen) atoms. The lowest BCUT2D eigenvalue weighted by molar-refractivity contribution is 0.0724. The van der Waals surface area contributed by atoms with Crippen LogP contribution in [0.5, 0.6) is 5.75 Å². The van der Waals surface area contributed by atoms with Crippen molar-refractivity contribution in [3.8, 4) is 5.75 Å². The fraction of sp³-hybridized carbons (Fsp3) is 0.286. The van der Waals surface area contributed by atoms with Gasteiger partial charge in [0.25, 0.3) is 5.91 Å². The van der Waals surface area contributed by atoms with E-state index in [-0.39, 0.29) is 11.9 Å². The number of nitrogens with zero attached hydrogens (tertiary/aromatic N) is 1. The molecule has 0 aliphatic carbocycles. The van der Waals surface area contributed by atoms with Gasteiger partial charge in [0.2, 0.25) is 0 Å². The van der Waals surface area contributed by atoms with E-state index < -0.39 is 0 Å². The molecular weight excluding hydrogens is 298 g/mol. The molecule has 2 aromatic rings. The summed E-state index contributed by atoms with van der Waals surface area (Å²) in [5, 5.41) is 0. The van der Waals surface area contributed by atoms with Crippen molar-refractivity contribution in [2.75, 3.05) is 13.7 Å². The van der Waals surface area contributed by atoms with Crippen LogP contribution in [-0.4, -0.2) is 30.5 Å². The Morgan fingerprint density at radius 1 is 1.08 bits per heavy atom. The molecule has 0 bridgehead atoms. The van der Waals surface area contributed by atoms with Gasteiger partial charge in [0, 0.05) is 18.2 Å². The van der Waals surface area contributed by atoms with Gasteiger partial charge in [-0.1, -0.05) is 42.0 Å². The zero-order valence-electron chi connectivity index (χ0n) is 14.8. The molecule has 2 aromatic carbocycles. The minimum atomic E-state index is 0.0356. The predicted molar refractivity (Wildman–Crippen MR) is 99.3 cm³/mol. The smallest absolute Gasteiger partial charge is 0.254 e. The number of hydrogen-bond acceptors (Lipinski definition) is 2. The summed E-state index contributed by atoms with van der Waals surface area (Å²) in [5.74, 6) is 0.788. The van der Waals surface area contributed by atoms with E-state index in [4.69, 9.17) is 4.74 Å². The van der Waals surface area contributed by atoms with Crippen LogP contribution in [0.1, 0.15) is 36.7 Å². The third-order valence-electron chi connectivity index (χ3n) is 3.85. The molecule has 0 atom stereocenters. The molecule has 0 radical (unpaired) electrons. The molecule has 0 saturated heterocycles. The second-order valence-electron chi connectivity index (χ2n) is 6.16. The van der Waals surface area contributed by atoms with Crippen molar-refractivity contribution in [2.45, 2.75) is 26.8 Å². The van der Waals surface area contributed by atoms with Crippen LogP contribution in [0.15, 0.2) is 60.2 Å². The molecular formula is C21H25NO2. The van der Waals surface area contributed by atoms with E-state index >= 15 is 0 Å². The average Bonchev–Trinajstić information content (AvgIpc) is 2.60. The Bertz CT molecular complexity index is 688. The third-order valence-corrected chi connectivity index (χ3v) is 3.85. The standard InChI is InChI=1S/C21H25NO2/c1-16(2)22(15-17(3)14-18-8-6-5-7-9-18)21(23)19-10-12-20(24-4)13-11-19/h5-14,16H,15H2,1-4H3/b17-14+. The van der Waals surface area contributed by atoms with Crippen molar-refractivity contribution >= 4 is 12.0 Å². The molecule has 0 N–H and O–H groups in total. The Hall–Kier alpha value is -2.55. The molecule has 1 amide bonds. The number of carbonyl (C=O) groups excluding carboxylic acids is 1. The zero-order valence-corrected chi connectivity index (χ0v) is 14.8. The fourth-order valence-corrected chi connectivity index (χ4v) is 2.54. The summed E-state index contributed by atoms with van der Waals surface area (Å²) in [6, 6.07) is 17.5. The van der Waals surface area contributed by atoms with Gasteiger partial charge in [-0.3, -0.25) is 4.79 Å². The van der Waals surface area contributed by atoms with E-state index in [1.54, 1.807) is 7.11 Å². The lowest BCUT2D eigenvalue weighted by Gasteiger charge is -2.27. The van der Waals surface area contributed by atoms with Gasteiger partial charge in [-0.25, -0.2) is 0 Å². The molecule has 3 heteroatoms. The van der Waals surface area contributed by atoms with Gasteiger partial charge in [0.1, 0.15) is 5.75 Å². The minimum absolute atomic E-state index is 0.0356. The molecule has 0 aliphatic heterocycles.